The Hall–Kier alpha value is -3.36. The van der Waals surface area contributed by atoms with Gasteiger partial charge in [-0.1, -0.05) is 6.07 Å². The Balaban J connectivity index is 2.30. The number of benzene rings is 1. The minimum atomic E-state index is -0.577. The lowest BCUT2D eigenvalue weighted by atomic mass is 10.1. The number of amides is 1. The molecule has 1 aromatic carbocycles. The summed E-state index contributed by atoms with van der Waals surface area (Å²) in [5.41, 5.74) is 0.390. The zero-order valence-corrected chi connectivity index (χ0v) is 12.3. The van der Waals surface area contributed by atoms with Crippen LogP contribution in [0, 0.1) is 34.1 Å². The first-order valence-electron chi connectivity index (χ1n) is 6.47. The highest BCUT2D eigenvalue weighted by molar-refractivity contribution is 6.05. The molecule has 1 N–H and O–H groups in total. The molecule has 23 heavy (non-hydrogen) atoms. The van der Waals surface area contributed by atoms with Gasteiger partial charge in [-0.3, -0.25) is 25.0 Å². The number of nitrogens with zero attached hydrogens (tertiary/aromatic N) is 3. The molecule has 9 heteroatoms. The van der Waals surface area contributed by atoms with E-state index in [0.29, 0.717) is 5.56 Å². The van der Waals surface area contributed by atoms with Crippen molar-refractivity contribution in [2.24, 2.45) is 0 Å². The summed E-state index contributed by atoms with van der Waals surface area (Å²) in [5, 5.41) is 24.1. The summed E-state index contributed by atoms with van der Waals surface area (Å²) < 4.78 is 0. The maximum Gasteiger partial charge on any atom is 0.290 e. The van der Waals surface area contributed by atoms with Gasteiger partial charge in [-0.25, -0.2) is 4.98 Å². The fraction of sp³-hybridized carbons (Fsp3) is 0.143. The molecule has 0 aliphatic rings. The van der Waals surface area contributed by atoms with Gasteiger partial charge in [-0.05, 0) is 26.0 Å². The van der Waals surface area contributed by atoms with Gasteiger partial charge in [0.25, 0.3) is 17.3 Å². The molecule has 0 atom stereocenters. The number of aryl methyl sites for hydroxylation is 1. The number of hydrogen-bond donors (Lipinski definition) is 1. The first-order valence-corrected chi connectivity index (χ1v) is 6.47. The smallest absolute Gasteiger partial charge is 0.290 e. The van der Waals surface area contributed by atoms with Crippen LogP contribution in [-0.4, -0.2) is 20.7 Å². The lowest BCUT2D eigenvalue weighted by Crippen LogP contribution is -2.15. The van der Waals surface area contributed by atoms with Gasteiger partial charge >= 0.3 is 0 Å². The maximum absolute atomic E-state index is 12.2. The predicted molar refractivity (Wildman–Crippen MR) is 81.4 cm³/mol. The third-order valence-corrected chi connectivity index (χ3v) is 3.27. The van der Waals surface area contributed by atoms with Crippen LogP contribution in [0.3, 0.4) is 0 Å². The SMILES string of the molecule is Cc1cc(NC(=O)c2cccc([N+](=O)[O-])c2C)ncc1[N+](=O)[O-]. The van der Waals surface area contributed by atoms with E-state index < -0.39 is 15.8 Å². The largest absolute Gasteiger partial charge is 0.307 e. The van der Waals surface area contributed by atoms with Gasteiger partial charge in [0.1, 0.15) is 12.0 Å². The lowest BCUT2D eigenvalue weighted by molar-refractivity contribution is -0.385. The van der Waals surface area contributed by atoms with E-state index in [1.807, 2.05) is 0 Å². The Morgan fingerprint density at radius 2 is 1.78 bits per heavy atom. The van der Waals surface area contributed by atoms with Crippen LogP contribution in [0.1, 0.15) is 21.5 Å². The van der Waals surface area contributed by atoms with Gasteiger partial charge < -0.3 is 5.32 Å². The number of rotatable bonds is 4. The van der Waals surface area contributed by atoms with Gasteiger partial charge in [0.15, 0.2) is 0 Å². The molecule has 1 aromatic heterocycles. The molecule has 0 fully saturated rings. The van der Waals surface area contributed by atoms with Crippen LogP contribution in [0.25, 0.3) is 0 Å². The summed E-state index contributed by atoms with van der Waals surface area (Å²) in [5.74, 6) is -0.448. The average Bonchev–Trinajstić information content (AvgIpc) is 2.46. The zero-order chi connectivity index (χ0) is 17.1. The minimum Gasteiger partial charge on any atom is -0.307 e. The van der Waals surface area contributed by atoms with Crippen molar-refractivity contribution in [3.63, 3.8) is 0 Å². The van der Waals surface area contributed by atoms with E-state index >= 15 is 0 Å². The molecule has 0 aliphatic heterocycles. The third kappa shape index (κ3) is 3.28. The fourth-order valence-electron chi connectivity index (χ4n) is 2.06. The first kappa shape index (κ1) is 16.0. The summed E-state index contributed by atoms with van der Waals surface area (Å²) in [6.45, 7) is 3.00. The molecule has 0 spiro atoms. The molecule has 0 aliphatic carbocycles. The number of carbonyl (C=O) groups is 1. The summed E-state index contributed by atoms with van der Waals surface area (Å²) in [7, 11) is 0. The molecule has 9 nitrogen and oxygen atoms in total. The van der Waals surface area contributed by atoms with Crippen LogP contribution in [0.5, 0.6) is 0 Å². The van der Waals surface area contributed by atoms with Gasteiger partial charge in [0, 0.05) is 22.8 Å². The van der Waals surface area contributed by atoms with Crippen molar-refractivity contribution in [3.05, 3.63) is 67.4 Å². The topological polar surface area (TPSA) is 128 Å². The van der Waals surface area contributed by atoms with E-state index in [4.69, 9.17) is 0 Å². The van der Waals surface area contributed by atoms with Crippen LogP contribution in [-0.2, 0) is 0 Å². The molecule has 0 bridgehead atoms. The van der Waals surface area contributed by atoms with Gasteiger partial charge in [-0.2, -0.15) is 0 Å². The Morgan fingerprint density at radius 3 is 2.35 bits per heavy atom. The van der Waals surface area contributed by atoms with E-state index in [1.54, 1.807) is 0 Å². The Bertz CT molecular complexity index is 819. The third-order valence-electron chi connectivity index (χ3n) is 3.27. The van der Waals surface area contributed by atoms with Crippen LogP contribution in [0.4, 0.5) is 17.2 Å². The lowest BCUT2D eigenvalue weighted by Gasteiger charge is -2.08. The highest BCUT2D eigenvalue weighted by Crippen LogP contribution is 2.23. The van der Waals surface area contributed by atoms with E-state index in [9.17, 15) is 25.0 Å². The standard InChI is InChI=1S/C14H12N4O5/c1-8-6-13(15-7-12(8)18(22)23)16-14(19)10-4-3-5-11(9(10)2)17(20)21/h3-7H,1-2H3,(H,15,16,19). The van der Waals surface area contributed by atoms with Gasteiger partial charge in [0.2, 0.25) is 0 Å². The van der Waals surface area contributed by atoms with Crippen LogP contribution < -0.4 is 5.32 Å². The number of hydrogen-bond acceptors (Lipinski definition) is 6. The fourth-order valence-corrected chi connectivity index (χ4v) is 2.06. The summed E-state index contributed by atoms with van der Waals surface area (Å²) >= 11 is 0. The molecule has 2 aromatic rings. The van der Waals surface area contributed by atoms with E-state index in [1.165, 1.54) is 38.1 Å². The number of pyridine rings is 1. The number of aromatic nitrogens is 1. The van der Waals surface area contributed by atoms with Crippen molar-refractivity contribution in [3.8, 4) is 0 Å². The summed E-state index contributed by atoms with van der Waals surface area (Å²) in [4.78, 5) is 36.5. The van der Waals surface area contributed by atoms with Crippen LogP contribution >= 0.6 is 0 Å². The Labute approximate surface area is 130 Å². The maximum atomic E-state index is 12.2. The molecule has 2 rings (SSSR count). The number of carbonyl (C=O) groups excluding carboxylic acids is 1. The highest BCUT2D eigenvalue weighted by Gasteiger charge is 2.19. The normalized spacial score (nSPS) is 10.2. The number of nitro benzene ring substituents is 1. The second kappa shape index (κ2) is 6.18. The minimum absolute atomic E-state index is 0.129. The summed E-state index contributed by atoms with van der Waals surface area (Å²) in [6.07, 6.45) is 1.05. The molecule has 0 radical (unpaired) electrons. The van der Waals surface area contributed by atoms with Crippen molar-refractivity contribution in [1.29, 1.82) is 0 Å². The number of nitro groups is 2. The van der Waals surface area contributed by atoms with Gasteiger partial charge in [0.05, 0.1) is 9.85 Å². The molecular formula is C14H12N4O5. The number of nitrogens with one attached hydrogen (secondary N) is 1. The second-order valence-corrected chi connectivity index (χ2v) is 4.77. The molecule has 0 unspecified atom stereocenters. The van der Waals surface area contributed by atoms with Crippen molar-refractivity contribution in [1.82, 2.24) is 4.98 Å². The van der Waals surface area contributed by atoms with Crippen molar-refractivity contribution < 1.29 is 14.6 Å². The van der Waals surface area contributed by atoms with E-state index in [2.05, 4.69) is 10.3 Å². The highest BCUT2D eigenvalue weighted by atomic mass is 16.6. The molecule has 1 heterocycles. The monoisotopic (exact) mass is 316 g/mol. The average molecular weight is 316 g/mol. The zero-order valence-electron chi connectivity index (χ0n) is 12.3. The molecule has 0 saturated carbocycles. The van der Waals surface area contributed by atoms with Gasteiger partial charge in [-0.15, -0.1) is 0 Å². The van der Waals surface area contributed by atoms with Crippen molar-refractivity contribution in [2.45, 2.75) is 13.8 Å². The first-order chi connectivity index (χ1) is 10.8. The molecule has 118 valence electrons. The number of anilines is 1. The quantitative estimate of drug-likeness (QED) is 0.682. The Morgan fingerprint density at radius 1 is 1.13 bits per heavy atom. The van der Waals surface area contributed by atoms with Crippen molar-refractivity contribution >= 4 is 23.1 Å². The van der Waals surface area contributed by atoms with Crippen LogP contribution in [0.15, 0.2) is 30.5 Å². The van der Waals surface area contributed by atoms with Crippen LogP contribution in [0.2, 0.25) is 0 Å². The second-order valence-electron chi connectivity index (χ2n) is 4.77. The van der Waals surface area contributed by atoms with Crippen molar-refractivity contribution in [2.75, 3.05) is 5.32 Å². The molecule has 1 amide bonds. The molecule has 0 saturated heterocycles. The Kier molecular flexibility index (Phi) is 4.30. The van der Waals surface area contributed by atoms with E-state index in [0.717, 1.165) is 6.20 Å². The summed E-state index contributed by atoms with van der Waals surface area (Å²) in [6, 6.07) is 5.54. The van der Waals surface area contributed by atoms with E-state index in [-0.39, 0.29) is 28.3 Å². The predicted octanol–water partition coefficient (Wildman–Crippen LogP) is 2.77. The molecular weight excluding hydrogens is 304 g/mol.